The molecular weight excluding hydrogens is 216 g/mol. The fourth-order valence-electron chi connectivity index (χ4n) is 1.30. The van der Waals surface area contributed by atoms with Crippen molar-refractivity contribution in [3.63, 3.8) is 0 Å². The number of aryl methyl sites for hydroxylation is 1. The van der Waals surface area contributed by atoms with E-state index in [9.17, 15) is 0 Å². The summed E-state index contributed by atoms with van der Waals surface area (Å²) in [5.41, 5.74) is 4.11. The van der Waals surface area contributed by atoms with Gasteiger partial charge in [0.25, 0.3) is 0 Å². The number of nitrogens with two attached hydrogens (primary N) is 1. The van der Waals surface area contributed by atoms with Gasteiger partial charge in [0.15, 0.2) is 0 Å². The van der Waals surface area contributed by atoms with Crippen LogP contribution in [0, 0.1) is 18.8 Å². The second kappa shape index (κ2) is 7.34. The molecule has 0 fully saturated rings. The summed E-state index contributed by atoms with van der Waals surface area (Å²) in [6.07, 6.45) is 0.798. The number of hydrogen-bond donors (Lipinski definition) is 2. The third kappa shape index (κ3) is 4.28. The van der Waals surface area contributed by atoms with Crippen LogP contribution in [0.5, 0.6) is 0 Å². The van der Waals surface area contributed by atoms with E-state index in [1.807, 2.05) is 18.7 Å². The van der Waals surface area contributed by atoms with Crippen LogP contribution < -0.4 is 11.3 Å². The van der Waals surface area contributed by atoms with Crippen LogP contribution in [0.4, 0.5) is 0 Å². The van der Waals surface area contributed by atoms with Gasteiger partial charge >= 0.3 is 0 Å². The Morgan fingerprint density at radius 3 is 2.81 bits per heavy atom. The van der Waals surface area contributed by atoms with Gasteiger partial charge in [-0.25, -0.2) is 0 Å². The lowest BCUT2D eigenvalue weighted by atomic mass is 10.2. The zero-order chi connectivity index (χ0) is 11.8. The molecule has 0 saturated carbocycles. The highest BCUT2D eigenvalue weighted by atomic mass is 32.2. The Kier molecular flexibility index (Phi) is 6.02. The van der Waals surface area contributed by atoms with Crippen LogP contribution in [-0.4, -0.2) is 11.8 Å². The zero-order valence-corrected chi connectivity index (χ0v) is 10.6. The summed E-state index contributed by atoms with van der Waals surface area (Å²) in [5.74, 6) is 12.4. The SMILES string of the molecule is CC#CCC(CSc1ccccc1C)NN. The molecule has 0 spiro atoms. The van der Waals surface area contributed by atoms with E-state index in [0.29, 0.717) is 0 Å². The average Bonchev–Trinajstić information content (AvgIpc) is 2.31. The van der Waals surface area contributed by atoms with Crippen molar-refractivity contribution in [2.24, 2.45) is 5.84 Å². The molecule has 1 rings (SSSR count). The van der Waals surface area contributed by atoms with Gasteiger partial charge in [0, 0.05) is 23.1 Å². The van der Waals surface area contributed by atoms with Crippen molar-refractivity contribution in [3.8, 4) is 11.8 Å². The minimum atomic E-state index is 0.247. The maximum atomic E-state index is 5.48. The first-order valence-corrected chi connectivity index (χ1v) is 6.30. The molecule has 16 heavy (non-hydrogen) atoms. The van der Waals surface area contributed by atoms with Crippen molar-refractivity contribution in [1.29, 1.82) is 0 Å². The molecule has 3 heteroatoms. The van der Waals surface area contributed by atoms with Crippen molar-refractivity contribution >= 4 is 11.8 Å². The largest absolute Gasteiger partial charge is 0.271 e. The Morgan fingerprint density at radius 1 is 1.44 bits per heavy atom. The Bertz CT molecular complexity index is 379. The van der Waals surface area contributed by atoms with Crippen LogP contribution in [0.2, 0.25) is 0 Å². The number of hydrazine groups is 1. The van der Waals surface area contributed by atoms with Crippen molar-refractivity contribution in [2.75, 3.05) is 5.75 Å². The third-order valence-corrected chi connectivity index (χ3v) is 3.63. The highest BCUT2D eigenvalue weighted by molar-refractivity contribution is 7.99. The normalized spacial score (nSPS) is 11.7. The van der Waals surface area contributed by atoms with E-state index in [1.54, 1.807) is 0 Å². The Balaban J connectivity index is 2.48. The Labute approximate surface area is 102 Å². The summed E-state index contributed by atoms with van der Waals surface area (Å²) >= 11 is 1.82. The molecule has 0 aliphatic carbocycles. The van der Waals surface area contributed by atoms with E-state index in [2.05, 4.69) is 48.5 Å². The summed E-state index contributed by atoms with van der Waals surface area (Å²) < 4.78 is 0. The van der Waals surface area contributed by atoms with Gasteiger partial charge in [0.1, 0.15) is 0 Å². The second-order valence-corrected chi connectivity index (χ2v) is 4.63. The fourth-order valence-corrected chi connectivity index (χ4v) is 2.37. The first-order chi connectivity index (χ1) is 7.77. The summed E-state index contributed by atoms with van der Waals surface area (Å²) in [7, 11) is 0. The van der Waals surface area contributed by atoms with E-state index in [1.165, 1.54) is 10.5 Å². The van der Waals surface area contributed by atoms with Gasteiger partial charge in [-0.3, -0.25) is 11.3 Å². The average molecular weight is 234 g/mol. The summed E-state index contributed by atoms with van der Waals surface area (Å²) in [5, 5.41) is 0. The molecule has 0 heterocycles. The van der Waals surface area contributed by atoms with Crippen LogP contribution in [0.3, 0.4) is 0 Å². The monoisotopic (exact) mass is 234 g/mol. The smallest absolute Gasteiger partial charge is 0.0413 e. The lowest BCUT2D eigenvalue weighted by Crippen LogP contribution is -2.36. The first kappa shape index (κ1) is 13.1. The fraction of sp³-hybridized carbons (Fsp3) is 0.385. The van der Waals surface area contributed by atoms with E-state index in [0.717, 1.165) is 12.2 Å². The highest BCUT2D eigenvalue weighted by Gasteiger charge is 2.06. The third-order valence-electron chi connectivity index (χ3n) is 2.29. The van der Waals surface area contributed by atoms with Crippen LogP contribution in [0.25, 0.3) is 0 Å². The Hall–Kier alpha value is -0.950. The number of rotatable bonds is 5. The van der Waals surface area contributed by atoms with Crippen LogP contribution in [0.1, 0.15) is 18.9 Å². The van der Waals surface area contributed by atoms with Gasteiger partial charge in [0.2, 0.25) is 0 Å². The molecule has 0 amide bonds. The van der Waals surface area contributed by atoms with Gasteiger partial charge in [0.05, 0.1) is 0 Å². The highest BCUT2D eigenvalue weighted by Crippen LogP contribution is 2.22. The van der Waals surface area contributed by atoms with E-state index >= 15 is 0 Å². The van der Waals surface area contributed by atoms with Gasteiger partial charge in [-0.15, -0.1) is 23.6 Å². The molecule has 0 aliphatic heterocycles. The molecule has 3 N–H and O–H groups in total. The number of thioether (sulfide) groups is 1. The molecule has 1 aromatic rings. The van der Waals surface area contributed by atoms with Gasteiger partial charge in [-0.05, 0) is 25.5 Å². The maximum Gasteiger partial charge on any atom is 0.0413 e. The lowest BCUT2D eigenvalue weighted by Gasteiger charge is -2.13. The van der Waals surface area contributed by atoms with Crippen molar-refractivity contribution in [1.82, 2.24) is 5.43 Å². The van der Waals surface area contributed by atoms with E-state index in [4.69, 9.17) is 5.84 Å². The van der Waals surface area contributed by atoms with Gasteiger partial charge in [-0.2, -0.15) is 0 Å². The minimum Gasteiger partial charge on any atom is -0.271 e. The molecule has 0 bridgehead atoms. The molecule has 0 saturated heterocycles. The Morgan fingerprint density at radius 2 is 2.19 bits per heavy atom. The topological polar surface area (TPSA) is 38.0 Å². The summed E-state index contributed by atoms with van der Waals surface area (Å²) in [4.78, 5) is 1.31. The predicted molar refractivity (Wildman–Crippen MR) is 71.1 cm³/mol. The molecule has 0 radical (unpaired) electrons. The quantitative estimate of drug-likeness (QED) is 0.355. The summed E-state index contributed by atoms with van der Waals surface area (Å²) in [6.45, 7) is 3.97. The predicted octanol–water partition coefficient (Wildman–Crippen LogP) is 2.33. The van der Waals surface area contributed by atoms with Gasteiger partial charge < -0.3 is 0 Å². The molecule has 86 valence electrons. The molecular formula is C13H18N2S. The second-order valence-electron chi connectivity index (χ2n) is 3.57. The lowest BCUT2D eigenvalue weighted by molar-refractivity contribution is 0.591. The van der Waals surface area contributed by atoms with Crippen LogP contribution in [0.15, 0.2) is 29.2 Å². The number of benzene rings is 1. The van der Waals surface area contributed by atoms with Crippen molar-refractivity contribution < 1.29 is 0 Å². The minimum absolute atomic E-state index is 0.247. The van der Waals surface area contributed by atoms with E-state index in [-0.39, 0.29) is 6.04 Å². The molecule has 1 atom stereocenters. The van der Waals surface area contributed by atoms with Crippen LogP contribution in [-0.2, 0) is 0 Å². The van der Waals surface area contributed by atoms with Crippen LogP contribution >= 0.6 is 11.8 Å². The number of hydrogen-bond acceptors (Lipinski definition) is 3. The summed E-state index contributed by atoms with van der Waals surface area (Å²) in [6, 6.07) is 8.63. The van der Waals surface area contributed by atoms with Crippen molar-refractivity contribution in [3.05, 3.63) is 29.8 Å². The molecule has 2 nitrogen and oxygen atoms in total. The standard InChI is InChI=1S/C13H18N2S/c1-3-4-8-12(15-14)10-16-13-9-6-5-7-11(13)2/h5-7,9,12,15H,8,10,14H2,1-2H3. The molecule has 0 aliphatic rings. The molecule has 1 aromatic carbocycles. The maximum absolute atomic E-state index is 5.48. The number of nitrogens with one attached hydrogen (secondary N) is 1. The van der Waals surface area contributed by atoms with E-state index < -0.39 is 0 Å². The molecule has 0 aromatic heterocycles. The zero-order valence-electron chi connectivity index (χ0n) is 9.79. The van der Waals surface area contributed by atoms with Gasteiger partial charge in [-0.1, -0.05) is 18.2 Å². The first-order valence-electron chi connectivity index (χ1n) is 5.32. The molecule has 1 unspecified atom stereocenters. The van der Waals surface area contributed by atoms with Crippen molar-refractivity contribution in [2.45, 2.75) is 31.2 Å².